The maximum atomic E-state index is 10.6. The Morgan fingerprint density at radius 2 is 2.00 bits per heavy atom. The van der Waals surface area contributed by atoms with Crippen molar-refractivity contribution in [3.8, 4) is 17.2 Å². The van der Waals surface area contributed by atoms with E-state index in [0.717, 1.165) is 23.4 Å². The number of para-hydroxylation sites is 1. The number of hydrogen-bond donors (Lipinski definition) is 2. The number of hydrogen-bond acceptors (Lipinski definition) is 4. The molecule has 4 rings (SSSR count). The van der Waals surface area contributed by atoms with E-state index in [2.05, 4.69) is 29.6 Å². The summed E-state index contributed by atoms with van der Waals surface area (Å²) in [5, 5.41) is 14.3. The van der Waals surface area contributed by atoms with E-state index in [0.29, 0.717) is 17.6 Å². The summed E-state index contributed by atoms with van der Waals surface area (Å²) in [5.74, 6) is 2.31. The van der Waals surface area contributed by atoms with Crippen molar-refractivity contribution < 1.29 is 14.6 Å². The van der Waals surface area contributed by atoms with Gasteiger partial charge < -0.3 is 19.9 Å². The quantitative estimate of drug-likeness (QED) is 0.760. The van der Waals surface area contributed by atoms with Gasteiger partial charge in [-0.3, -0.25) is 0 Å². The summed E-state index contributed by atoms with van der Waals surface area (Å²) >= 11 is 0. The first kappa shape index (κ1) is 16.8. The molecule has 2 aliphatic rings. The molecule has 26 heavy (non-hydrogen) atoms. The fraction of sp³-hybridized carbons (Fsp3) is 0.364. The van der Waals surface area contributed by atoms with Crippen molar-refractivity contribution in [3.63, 3.8) is 0 Å². The number of phenolic OH excluding ortho intramolecular Hbond substituents is 1. The predicted octanol–water partition coefficient (Wildman–Crippen LogP) is 5.01. The van der Waals surface area contributed by atoms with E-state index in [-0.39, 0.29) is 17.9 Å². The van der Waals surface area contributed by atoms with E-state index in [1.165, 1.54) is 5.56 Å². The summed E-state index contributed by atoms with van der Waals surface area (Å²) in [6.45, 7) is 4.08. The number of ether oxygens (including phenoxy) is 2. The van der Waals surface area contributed by atoms with Crippen molar-refractivity contribution in [2.24, 2.45) is 5.92 Å². The fourth-order valence-electron chi connectivity index (χ4n) is 4.18. The molecule has 2 N–H and O–H groups in total. The predicted molar refractivity (Wildman–Crippen MR) is 103 cm³/mol. The number of methoxy groups -OCH3 is 1. The number of fused-ring (bicyclic) bond motifs is 3. The Morgan fingerprint density at radius 3 is 2.77 bits per heavy atom. The molecule has 0 radical (unpaired) electrons. The first-order chi connectivity index (χ1) is 12.6. The van der Waals surface area contributed by atoms with Crippen molar-refractivity contribution in [2.75, 3.05) is 12.4 Å². The molecule has 3 atom stereocenters. The highest BCUT2D eigenvalue weighted by Gasteiger charge is 2.39. The second-order valence-electron chi connectivity index (χ2n) is 7.29. The lowest BCUT2D eigenvalue weighted by molar-refractivity contribution is 0.242. The molecule has 3 unspecified atom stereocenters. The Morgan fingerprint density at radius 1 is 1.15 bits per heavy atom. The SMILES string of the molecule is COc1cccc(C2Nc3ccc(OC(C)C)cc3C3C=CCC32)c1O. The highest BCUT2D eigenvalue weighted by atomic mass is 16.5. The second-order valence-corrected chi connectivity index (χ2v) is 7.29. The third kappa shape index (κ3) is 2.79. The summed E-state index contributed by atoms with van der Waals surface area (Å²) < 4.78 is 11.2. The highest BCUT2D eigenvalue weighted by Crippen LogP contribution is 2.52. The van der Waals surface area contributed by atoms with Gasteiger partial charge in [0.25, 0.3) is 0 Å². The Hall–Kier alpha value is -2.62. The zero-order chi connectivity index (χ0) is 18.3. The number of phenols is 1. The van der Waals surface area contributed by atoms with E-state index in [4.69, 9.17) is 9.47 Å². The summed E-state index contributed by atoms with van der Waals surface area (Å²) in [5.41, 5.74) is 3.25. The number of aromatic hydroxyl groups is 1. The number of rotatable bonds is 4. The monoisotopic (exact) mass is 351 g/mol. The molecule has 0 saturated heterocycles. The standard InChI is InChI=1S/C22H25NO3/c1-13(2)26-14-10-11-19-18(12-14)15-6-4-7-16(15)21(23-19)17-8-5-9-20(25-3)22(17)24/h4-6,8-13,15-16,21,23-24H,7H2,1-3H3. The molecule has 0 bridgehead atoms. The maximum absolute atomic E-state index is 10.6. The number of allylic oxidation sites excluding steroid dienone is 2. The Labute approximate surface area is 154 Å². The van der Waals surface area contributed by atoms with Crippen LogP contribution in [0.2, 0.25) is 0 Å². The van der Waals surface area contributed by atoms with Crippen LogP contribution in [0, 0.1) is 5.92 Å². The molecule has 136 valence electrons. The smallest absolute Gasteiger partial charge is 0.163 e. The van der Waals surface area contributed by atoms with Crippen molar-refractivity contribution in [2.45, 2.75) is 38.3 Å². The molecule has 1 aliphatic heterocycles. The van der Waals surface area contributed by atoms with Crippen molar-refractivity contribution in [3.05, 3.63) is 59.7 Å². The van der Waals surface area contributed by atoms with Crippen molar-refractivity contribution in [1.82, 2.24) is 0 Å². The molecule has 0 aromatic heterocycles. The lowest BCUT2D eigenvalue weighted by atomic mass is 9.76. The van der Waals surface area contributed by atoms with E-state index in [1.54, 1.807) is 13.2 Å². The van der Waals surface area contributed by atoms with Gasteiger partial charge in [0.2, 0.25) is 0 Å². The molecular weight excluding hydrogens is 326 g/mol. The highest BCUT2D eigenvalue weighted by molar-refractivity contribution is 5.63. The zero-order valence-corrected chi connectivity index (χ0v) is 15.4. The minimum absolute atomic E-state index is 0.0365. The lowest BCUT2D eigenvalue weighted by Gasteiger charge is -2.38. The molecule has 0 saturated carbocycles. The van der Waals surface area contributed by atoms with Gasteiger partial charge >= 0.3 is 0 Å². The van der Waals surface area contributed by atoms with Gasteiger partial charge in [-0.05, 0) is 56.0 Å². The zero-order valence-electron chi connectivity index (χ0n) is 15.4. The number of nitrogens with one attached hydrogen (secondary N) is 1. The molecule has 0 fully saturated rings. The minimum Gasteiger partial charge on any atom is -0.504 e. The Kier molecular flexibility index (Phi) is 4.27. The summed E-state index contributed by atoms with van der Waals surface area (Å²) in [4.78, 5) is 0. The molecule has 2 aromatic rings. The van der Waals surface area contributed by atoms with E-state index >= 15 is 0 Å². The summed E-state index contributed by atoms with van der Waals surface area (Å²) in [6.07, 6.45) is 5.66. The van der Waals surface area contributed by atoms with Gasteiger partial charge in [-0.25, -0.2) is 0 Å². The molecule has 0 spiro atoms. The van der Waals surface area contributed by atoms with Crippen molar-refractivity contribution in [1.29, 1.82) is 0 Å². The second kappa shape index (κ2) is 6.60. The van der Waals surface area contributed by atoms with Gasteiger partial charge in [0.1, 0.15) is 5.75 Å². The van der Waals surface area contributed by atoms with Crippen LogP contribution in [0.15, 0.2) is 48.6 Å². The van der Waals surface area contributed by atoms with Crippen LogP contribution in [0.5, 0.6) is 17.2 Å². The van der Waals surface area contributed by atoms with E-state index in [9.17, 15) is 5.11 Å². The summed E-state index contributed by atoms with van der Waals surface area (Å²) in [7, 11) is 1.58. The molecular formula is C22H25NO3. The van der Waals surface area contributed by atoms with E-state index in [1.807, 2.05) is 32.0 Å². The topological polar surface area (TPSA) is 50.7 Å². The molecule has 4 nitrogen and oxygen atoms in total. The first-order valence-electron chi connectivity index (χ1n) is 9.18. The van der Waals surface area contributed by atoms with Gasteiger partial charge in [0.05, 0.1) is 19.3 Å². The van der Waals surface area contributed by atoms with E-state index < -0.39 is 0 Å². The molecule has 0 amide bonds. The number of anilines is 1. The van der Waals surface area contributed by atoms with Crippen LogP contribution < -0.4 is 14.8 Å². The van der Waals surface area contributed by atoms with Crippen LogP contribution in [-0.4, -0.2) is 18.3 Å². The average molecular weight is 351 g/mol. The van der Waals surface area contributed by atoms with Gasteiger partial charge in [0.15, 0.2) is 11.5 Å². The van der Waals surface area contributed by atoms with Gasteiger partial charge in [-0.2, -0.15) is 0 Å². The van der Waals surface area contributed by atoms with Crippen LogP contribution in [0.3, 0.4) is 0 Å². The van der Waals surface area contributed by atoms with Crippen LogP contribution in [0.4, 0.5) is 5.69 Å². The Bertz CT molecular complexity index is 843. The fourth-order valence-corrected chi connectivity index (χ4v) is 4.18. The maximum Gasteiger partial charge on any atom is 0.163 e. The molecule has 4 heteroatoms. The molecule has 1 heterocycles. The van der Waals surface area contributed by atoms with Gasteiger partial charge in [-0.1, -0.05) is 24.3 Å². The molecule has 1 aliphatic carbocycles. The average Bonchev–Trinajstić information content (AvgIpc) is 3.11. The normalized spacial score (nSPS) is 23.3. The molecule has 2 aromatic carbocycles. The first-order valence-corrected chi connectivity index (χ1v) is 9.18. The minimum atomic E-state index is 0.0365. The van der Waals surface area contributed by atoms with Gasteiger partial charge in [0, 0.05) is 17.2 Å². The largest absolute Gasteiger partial charge is 0.504 e. The van der Waals surface area contributed by atoms with Crippen LogP contribution in [0.25, 0.3) is 0 Å². The van der Waals surface area contributed by atoms with Crippen LogP contribution in [-0.2, 0) is 0 Å². The van der Waals surface area contributed by atoms with Crippen LogP contribution in [0.1, 0.15) is 43.4 Å². The Balaban J connectivity index is 1.74. The number of benzene rings is 2. The van der Waals surface area contributed by atoms with Gasteiger partial charge in [-0.15, -0.1) is 0 Å². The summed E-state index contributed by atoms with van der Waals surface area (Å²) in [6, 6.07) is 12.0. The van der Waals surface area contributed by atoms with Crippen LogP contribution >= 0.6 is 0 Å². The van der Waals surface area contributed by atoms with Crippen molar-refractivity contribution >= 4 is 5.69 Å². The third-order valence-corrected chi connectivity index (χ3v) is 5.29. The lowest BCUT2D eigenvalue weighted by Crippen LogP contribution is -2.29. The third-order valence-electron chi connectivity index (χ3n) is 5.29.